The first-order valence-corrected chi connectivity index (χ1v) is 8.51. The van der Waals surface area contributed by atoms with Crippen LogP contribution in [0, 0.1) is 0 Å². The highest BCUT2D eigenvalue weighted by molar-refractivity contribution is 6.70. The Balaban J connectivity index is 3.27. The minimum atomic E-state index is -1.88. The van der Waals surface area contributed by atoms with E-state index in [0.29, 0.717) is 5.02 Å². The standard InChI is InChI=1S/C10H14ClNO3Si/c1-16(2,3)15-9-7(11)5-4-6(8(9)12)10(13)14/h4-5H,12H2,1-3H3,(H,13,14). The van der Waals surface area contributed by atoms with Crippen molar-refractivity contribution in [1.82, 2.24) is 0 Å². The van der Waals surface area contributed by atoms with Crippen LogP contribution in [-0.2, 0) is 0 Å². The highest BCUT2D eigenvalue weighted by Crippen LogP contribution is 2.35. The summed E-state index contributed by atoms with van der Waals surface area (Å²) in [5.74, 6) is -0.810. The average molecular weight is 260 g/mol. The summed E-state index contributed by atoms with van der Waals surface area (Å²) in [6, 6.07) is 2.86. The molecule has 16 heavy (non-hydrogen) atoms. The Kier molecular flexibility index (Phi) is 3.50. The van der Waals surface area contributed by atoms with Gasteiger partial charge in [-0.3, -0.25) is 0 Å². The quantitative estimate of drug-likeness (QED) is 0.647. The number of nitrogen functional groups attached to an aromatic ring is 1. The normalized spacial score (nSPS) is 11.2. The van der Waals surface area contributed by atoms with Gasteiger partial charge < -0.3 is 15.3 Å². The summed E-state index contributed by atoms with van der Waals surface area (Å²) in [6.45, 7) is 5.91. The van der Waals surface area contributed by atoms with E-state index in [2.05, 4.69) is 0 Å². The van der Waals surface area contributed by atoms with E-state index in [1.807, 2.05) is 19.6 Å². The first-order chi connectivity index (χ1) is 7.22. The van der Waals surface area contributed by atoms with Gasteiger partial charge in [0.25, 0.3) is 0 Å². The molecule has 0 bridgehead atoms. The highest BCUT2D eigenvalue weighted by Gasteiger charge is 2.22. The molecule has 1 aromatic rings. The fourth-order valence-electron chi connectivity index (χ4n) is 1.17. The van der Waals surface area contributed by atoms with Crippen LogP contribution in [0.5, 0.6) is 5.75 Å². The molecule has 0 amide bonds. The number of carboxylic acid groups (broad SMARTS) is 1. The van der Waals surface area contributed by atoms with Gasteiger partial charge in [-0.25, -0.2) is 4.79 Å². The Morgan fingerprint density at radius 3 is 2.44 bits per heavy atom. The van der Waals surface area contributed by atoms with Crippen molar-refractivity contribution in [2.45, 2.75) is 19.6 Å². The summed E-state index contributed by atoms with van der Waals surface area (Å²) >= 11 is 5.94. The van der Waals surface area contributed by atoms with Gasteiger partial charge in [-0.15, -0.1) is 0 Å². The number of hydrogen-bond donors (Lipinski definition) is 2. The molecule has 0 spiro atoms. The minimum absolute atomic E-state index is 0.0117. The van der Waals surface area contributed by atoms with Crippen molar-refractivity contribution in [3.63, 3.8) is 0 Å². The molecule has 0 saturated carbocycles. The number of nitrogens with two attached hydrogens (primary N) is 1. The van der Waals surface area contributed by atoms with Gasteiger partial charge >= 0.3 is 5.97 Å². The van der Waals surface area contributed by atoms with Gasteiger partial charge in [-0.2, -0.15) is 0 Å². The molecule has 0 fully saturated rings. The summed E-state index contributed by atoms with van der Waals surface area (Å²) in [5, 5.41) is 9.25. The number of aromatic carboxylic acids is 1. The van der Waals surface area contributed by atoms with Crippen molar-refractivity contribution in [1.29, 1.82) is 0 Å². The molecule has 0 aromatic heterocycles. The molecule has 88 valence electrons. The Morgan fingerprint density at radius 1 is 1.44 bits per heavy atom. The summed E-state index contributed by atoms with van der Waals surface area (Å²) in [5.41, 5.74) is 5.82. The van der Waals surface area contributed by atoms with Crippen LogP contribution in [0.25, 0.3) is 0 Å². The third-order valence-corrected chi connectivity index (χ3v) is 2.90. The zero-order valence-electron chi connectivity index (χ0n) is 9.37. The lowest BCUT2D eigenvalue weighted by Crippen LogP contribution is -2.30. The number of carbonyl (C=O) groups is 1. The van der Waals surface area contributed by atoms with Crippen LogP contribution < -0.4 is 10.2 Å². The molecule has 6 heteroatoms. The lowest BCUT2D eigenvalue weighted by atomic mass is 10.1. The molecule has 1 rings (SSSR count). The highest BCUT2D eigenvalue weighted by atomic mass is 35.5. The molecular formula is C10H14ClNO3Si. The molecule has 1 aromatic carbocycles. The zero-order valence-corrected chi connectivity index (χ0v) is 11.1. The lowest BCUT2D eigenvalue weighted by molar-refractivity contribution is 0.0698. The molecule has 0 atom stereocenters. The van der Waals surface area contributed by atoms with E-state index >= 15 is 0 Å². The van der Waals surface area contributed by atoms with E-state index in [1.54, 1.807) is 0 Å². The SMILES string of the molecule is C[Si](C)(C)Oc1c(Cl)ccc(C(=O)O)c1N. The van der Waals surface area contributed by atoms with Gasteiger partial charge in [0.1, 0.15) is 5.75 Å². The van der Waals surface area contributed by atoms with Gasteiger partial charge in [0.15, 0.2) is 0 Å². The summed E-state index contributed by atoms with van der Waals surface area (Å²) in [7, 11) is -1.88. The first-order valence-electron chi connectivity index (χ1n) is 4.72. The van der Waals surface area contributed by atoms with Crippen molar-refractivity contribution >= 4 is 31.6 Å². The average Bonchev–Trinajstić information content (AvgIpc) is 2.10. The van der Waals surface area contributed by atoms with E-state index in [1.165, 1.54) is 12.1 Å². The Morgan fingerprint density at radius 2 is 2.00 bits per heavy atom. The molecule has 0 aliphatic carbocycles. The maximum absolute atomic E-state index is 10.9. The van der Waals surface area contributed by atoms with E-state index in [9.17, 15) is 4.79 Å². The number of anilines is 1. The summed E-state index contributed by atoms with van der Waals surface area (Å²) in [4.78, 5) is 10.9. The summed E-state index contributed by atoms with van der Waals surface area (Å²) in [6.07, 6.45) is 0. The Hall–Kier alpha value is -1.20. The van der Waals surface area contributed by atoms with E-state index in [4.69, 9.17) is 26.9 Å². The van der Waals surface area contributed by atoms with E-state index < -0.39 is 14.3 Å². The molecular weight excluding hydrogens is 246 g/mol. The third kappa shape index (κ3) is 2.90. The Labute approximate surface area is 100 Å². The van der Waals surface area contributed by atoms with Crippen molar-refractivity contribution in [2.75, 3.05) is 5.73 Å². The van der Waals surface area contributed by atoms with Crippen molar-refractivity contribution in [2.24, 2.45) is 0 Å². The van der Waals surface area contributed by atoms with Gasteiger partial charge in [0, 0.05) is 0 Å². The first kappa shape index (κ1) is 12.9. The maximum Gasteiger partial charge on any atom is 0.337 e. The maximum atomic E-state index is 10.9. The second kappa shape index (κ2) is 4.35. The van der Waals surface area contributed by atoms with Crippen LogP contribution >= 0.6 is 11.6 Å². The van der Waals surface area contributed by atoms with Crippen LogP contribution in [-0.4, -0.2) is 19.4 Å². The van der Waals surface area contributed by atoms with Crippen LogP contribution in [0.15, 0.2) is 12.1 Å². The van der Waals surface area contributed by atoms with Gasteiger partial charge in [0.2, 0.25) is 8.32 Å². The predicted octanol–water partition coefficient (Wildman–Crippen LogP) is 2.83. The van der Waals surface area contributed by atoms with Crippen molar-refractivity contribution in [3.8, 4) is 5.75 Å². The van der Waals surface area contributed by atoms with Gasteiger partial charge in [-0.05, 0) is 31.8 Å². The topological polar surface area (TPSA) is 72.5 Å². The monoisotopic (exact) mass is 259 g/mol. The van der Waals surface area contributed by atoms with Crippen LogP contribution in [0.4, 0.5) is 5.69 Å². The number of carboxylic acids is 1. The zero-order chi connectivity index (χ0) is 12.5. The molecule has 3 N–H and O–H groups in total. The van der Waals surface area contributed by atoms with Crippen LogP contribution in [0.1, 0.15) is 10.4 Å². The number of benzene rings is 1. The third-order valence-electron chi connectivity index (χ3n) is 1.79. The number of halogens is 1. The predicted molar refractivity (Wildman–Crippen MR) is 66.8 cm³/mol. The fraction of sp³-hybridized carbons (Fsp3) is 0.300. The smallest absolute Gasteiger partial charge is 0.337 e. The molecule has 0 aliphatic rings. The van der Waals surface area contributed by atoms with Crippen molar-refractivity contribution < 1.29 is 14.3 Å². The van der Waals surface area contributed by atoms with Gasteiger partial charge in [0.05, 0.1) is 16.3 Å². The lowest BCUT2D eigenvalue weighted by Gasteiger charge is -2.22. The van der Waals surface area contributed by atoms with Gasteiger partial charge in [-0.1, -0.05) is 11.6 Å². The van der Waals surface area contributed by atoms with Crippen LogP contribution in [0.3, 0.4) is 0 Å². The molecule has 0 heterocycles. The molecule has 0 saturated heterocycles. The van der Waals surface area contributed by atoms with Crippen LogP contribution in [0.2, 0.25) is 24.7 Å². The van der Waals surface area contributed by atoms with Crippen molar-refractivity contribution in [3.05, 3.63) is 22.7 Å². The minimum Gasteiger partial charge on any atom is -0.542 e. The van der Waals surface area contributed by atoms with E-state index in [-0.39, 0.29) is 17.0 Å². The number of rotatable bonds is 3. The fourth-order valence-corrected chi connectivity index (χ4v) is 2.27. The molecule has 0 aliphatic heterocycles. The molecule has 4 nitrogen and oxygen atoms in total. The largest absolute Gasteiger partial charge is 0.542 e. The second-order valence-electron chi connectivity index (χ2n) is 4.36. The molecule has 0 radical (unpaired) electrons. The summed E-state index contributed by atoms with van der Waals surface area (Å²) < 4.78 is 5.67. The second-order valence-corrected chi connectivity index (χ2v) is 9.19. The number of hydrogen-bond acceptors (Lipinski definition) is 3. The van der Waals surface area contributed by atoms with E-state index in [0.717, 1.165) is 0 Å². The Bertz CT molecular complexity index is 429. The molecule has 0 unspecified atom stereocenters.